The Balaban J connectivity index is 1.20. The number of amides is 1. The minimum Gasteiger partial charge on any atom is -0.383 e. The largest absolute Gasteiger partial charge is 0.383 e. The Morgan fingerprint density at radius 2 is 1.76 bits per heavy atom. The lowest BCUT2D eigenvalue weighted by atomic mass is 10.1. The lowest BCUT2D eigenvalue weighted by molar-refractivity contribution is 0.102. The highest BCUT2D eigenvalue weighted by Crippen LogP contribution is 2.32. The van der Waals surface area contributed by atoms with Crippen molar-refractivity contribution in [3.8, 4) is 10.4 Å². The molecule has 0 radical (unpaired) electrons. The molecule has 0 fully saturated rings. The number of carbonyl (C=O) groups excluding carboxylic acids is 1. The van der Waals surface area contributed by atoms with Crippen LogP contribution in [0.15, 0.2) is 91.5 Å². The number of hydrogen-bond donors (Lipinski definition) is 3. The zero-order valence-corrected chi connectivity index (χ0v) is 20.4. The van der Waals surface area contributed by atoms with Crippen molar-refractivity contribution in [2.45, 2.75) is 6.54 Å². The van der Waals surface area contributed by atoms with E-state index in [1.807, 2.05) is 48.5 Å². The van der Waals surface area contributed by atoms with Crippen LogP contribution in [0.2, 0.25) is 0 Å². The number of nitrogens with two attached hydrogens (primary N) is 1. The van der Waals surface area contributed by atoms with E-state index in [1.54, 1.807) is 35.9 Å². The zero-order valence-electron chi connectivity index (χ0n) is 19.6. The van der Waals surface area contributed by atoms with E-state index in [-0.39, 0.29) is 5.91 Å². The Kier molecular flexibility index (Phi) is 5.88. The molecule has 0 unspecified atom stereocenters. The minimum absolute atomic E-state index is 0.253. The van der Waals surface area contributed by atoms with Gasteiger partial charge in [-0.3, -0.25) is 9.78 Å². The molecule has 0 spiro atoms. The SMILES string of the molecule is Nc1ncnc2ccc(-c3ccc(CNc4ncccc4C(=O)Nc4cccc5cccnc45)s3)cc12. The van der Waals surface area contributed by atoms with E-state index >= 15 is 0 Å². The zero-order chi connectivity index (χ0) is 25.2. The predicted octanol–water partition coefficient (Wildman–Crippen LogP) is 5.75. The second kappa shape index (κ2) is 9.63. The smallest absolute Gasteiger partial charge is 0.259 e. The summed E-state index contributed by atoms with van der Waals surface area (Å²) >= 11 is 1.66. The third-order valence-corrected chi connectivity index (χ3v) is 7.11. The quantitative estimate of drug-likeness (QED) is 0.265. The van der Waals surface area contributed by atoms with Gasteiger partial charge in [0, 0.05) is 32.9 Å². The highest BCUT2D eigenvalue weighted by molar-refractivity contribution is 7.15. The molecule has 0 atom stereocenters. The van der Waals surface area contributed by atoms with Gasteiger partial charge in [0.1, 0.15) is 18.0 Å². The van der Waals surface area contributed by atoms with Gasteiger partial charge in [-0.2, -0.15) is 0 Å². The van der Waals surface area contributed by atoms with E-state index in [2.05, 4.69) is 42.7 Å². The summed E-state index contributed by atoms with van der Waals surface area (Å²) in [6, 6.07) is 23.2. The highest BCUT2D eigenvalue weighted by Gasteiger charge is 2.15. The molecular formula is C28H21N7OS. The van der Waals surface area contributed by atoms with Crippen molar-refractivity contribution in [3.05, 3.63) is 102 Å². The molecule has 8 nitrogen and oxygen atoms in total. The number of fused-ring (bicyclic) bond motifs is 2. The van der Waals surface area contributed by atoms with E-state index in [4.69, 9.17) is 5.73 Å². The number of hydrogen-bond acceptors (Lipinski definition) is 8. The fourth-order valence-corrected chi connectivity index (χ4v) is 5.10. The first kappa shape index (κ1) is 22.6. The summed E-state index contributed by atoms with van der Waals surface area (Å²) < 4.78 is 0. The van der Waals surface area contributed by atoms with Crippen LogP contribution >= 0.6 is 11.3 Å². The number of thiophene rings is 1. The Morgan fingerprint density at radius 3 is 2.70 bits per heavy atom. The maximum atomic E-state index is 13.2. The summed E-state index contributed by atoms with van der Waals surface area (Å²) in [5, 5.41) is 8.10. The van der Waals surface area contributed by atoms with Gasteiger partial charge in [0.15, 0.2) is 0 Å². The average Bonchev–Trinajstić information content (AvgIpc) is 3.41. The Labute approximate surface area is 216 Å². The summed E-state index contributed by atoms with van der Waals surface area (Å²) in [4.78, 5) is 32.6. The molecule has 4 N–H and O–H groups in total. The van der Waals surface area contributed by atoms with Gasteiger partial charge < -0.3 is 16.4 Å². The van der Waals surface area contributed by atoms with Crippen LogP contribution in [0.5, 0.6) is 0 Å². The van der Waals surface area contributed by atoms with Crippen molar-refractivity contribution < 1.29 is 4.79 Å². The molecule has 180 valence electrons. The van der Waals surface area contributed by atoms with Crippen molar-refractivity contribution in [2.75, 3.05) is 16.4 Å². The Bertz CT molecular complexity index is 1760. The molecule has 0 saturated heterocycles. The number of pyridine rings is 2. The normalized spacial score (nSPS) is 11.0. The van der Waals surface area contributed by atoms with Gasteiger partial charge in [-0.1, -0.05) is 24.3 Å². The fourth-order valence-electron chi connectivity index (χ4n) is 4.15. The van der Waals surface area contributed by atoms with Gasteiger partial charge in [-0.25, -0.2) is 15.0 Å². The van der Waals surface area contributed by atoms with Crippen molar-refractivity contribution in [1.82, 2.24) is 19.9 Å². The van der Waals surface area contributed by atoms with Gasteiger partial charge >= 0.3 is 0 Å². The van der Waals surface area contributed by atoms with E-state index in [9.17, 15) is 4.79 Å². The van der Waals surface area contributed by atoms with Crippen LogP contribution in [-0.4, -0.2) is 25.8 Å². The molecule has 0 saturated carbocycles. The number of aromatic nitrogens is 4. The minimum atomic E-state index is -0.253. The maximum Gasteiger partial charge on any atom is 0.259 e. The topological polar surface area (TPSA) is 119 Å². The van der Waals surface area contributed by atoms with Crippen LogP contribution in [-0.2, 0) is 6.54 Å². The molecule has 4 heterocycles. The summed E-state index contributed by atoms with van der Waals surface area (Å²) in [5.74, 6) is 0.723. The lowest BCUT2D eigenvalue weighted by Crippen LogP contribution is -2.16. The molecular weight excluding hydrogens is 482 g/mol. The molecule has 1 amide bonds. The predicted molar refractivity (Wildman–Crippen MR) is 149 cm³/mol. The number of rotatable bonds is 6. The van der Waals surface area contributed by atoms with Crippen molar-refractivity contribution in [2.24, 2.45) is 0 Å². The molecule has 0 aliphatic carbocycles. The first-order valence-electron chi connectivity index (χ1n) is 11.6. The Morgan fingerprint density at radius 1 is 0.892 bits per heavy atom. The fraction of sp³-hybridized carbons (Fsp3) is 0.0357. The van der Waals surface area contributed by atoms with Gasteiger partial charge in [0.25, 0.3) is 5.91 Å². The summed E-state index contributed by atoms with van der Waals surface area (Å²) in [5.41, 5.74) is 9.75. The van der Waals surface area contributed by atoms with Crippen LogP contribution in [0.4, 0.5) is 17.3 Å². The highest BCUT2D eigenvalue weighted by atomic mass is 32.1. The average molecular weight is 504 g/mol. The van der Waals surface area contributed by atoms with Crippen molar-refractivity contribution in [1.29, 1.82) is 0 Å². The standard InChI is InChI=1S/C28H21N7OS/c29-26-21-14-18(8-10-22(21)33-16-34-26)24-11-9-19(37-24)15-32-27-20(6-3-13-31-27)28(36)35-23-7-1-4-17-5-2-12-30-25(17)23/h1-14,16H,15H2,(H,31,32)(H,35,36)(H2,29,33,34). The van der Waals surface area contributed by atoms with Crippen LogP contribution in [0.25, 0.3) is 32.2 Å². The van der Waals surface area contributed by atoms with Crippen molar-refractivity contribution >= 4 is 56.4 Å². The monoisotopic (exact) mass is 503 g/mol. The van der Waals surface area contributed by atoms with Gasteiger partial charge in [0.2, 0.25) is 0 Å². The van der Waals surface area contributed by atoms with E-state index in [0.29, 0.717) is 29.4 Å². The lowest BCUT2D eigenvalue weighted by Gasteiger charge is -2.12. The molecule has 0 bridgehead atoms. The third-order valence-electron chi connectivity index (χ3n) is 5.98. The number of nitrogens with one attached hydrogen (secondary N) is 2. The number of benzene rings is 2. The molecule has 37 heavy (non-hydrogen) atoms. The van der Waals surface area contributed by atoms with Crippen LogP contribution in [0, 0.1) is 0 Å². The summed E-state index contributed by atoms with van der Waals surface area (Å²) in [6.07, 6.45) is 4.85. The first-order chi connectivity index (χ1) is 18.2. The molecule has 2 aromatic carbocycles. The van der Waals surface area contributed by atoms with E-state index in [1.165, 1.54) is 6.33 Å². The van der Waals surface area contributed by atoms with Crippen LogP contribution in [0.1, 0.15) is 15.2 Å². The summed E-state index contributed by atoms with van der Waals surface area (Å²) in [6.45, 7) is 0.524. The number of para-hydroxylation sites is 1. The second-order valence-corrected chi connectivity index (χ2v) is 9.51. The first-order valence-corrected chi connectivity index (χ1v) is 12.4. The number of nitrogen functional groups attached to an aromatic ring is 1. The molecule has 6 rings (SSSR count). The van der Waals surface area contributed by atoms with Gasteiger partial charge in [-0.15, -0.1) is 11.3 Å². The van der Waals surface area contributed by atoms with Crippen LogP contribution < -0.4 is 16.4 Å². The number of carbonyl (C=O) groups is 1. The third kappa shape index (κ3) is 4.55. The van der Waals surface area contributed by atoms with Gasteiger partial charge in [-0.05, 0) is 54.1 Å². The van der Waals surface area contributed by atoms with Crippen LogP contribution in [0.3, 0.4) is 0 Å². The summed E-state index contributed by atoms with van der Waals surface area (Å²) in [7, 11) is 0. The number of nitrogens with zero attached hydrogens (tertiary/aromatic N) is 4. The Hall–Kier alpha value is -4.89. The molecule has 6 aromatic rings. The van der Waals surface area contributed by atoms with Gasteiger partial charge in [0.05, 0.1) is 28.8 Å². The second-order valence-electron chi connectivity index (χ2n) is 8.34. The maximum absolute atomic E-state index is 13.2. The molecule has 0 aliphatic heterocycles. The van der Waals surface area contributed by atoms with E-state index in [0.717, 1.165) is 37.1 Å². The molecule has 4 aromatic heterocycles. The van der Waals surface area contributed by atoms with E-state index < -0.39 is 0 Å². The molecule has 0 aliphatic rings. The van der Waals surface area contributed by atoms with Crippen molar-refractivity contribution in [3.63, 3.8) is 0 Å². The molecule has 9 heteroatoms. The number of anilines is 3.